The topological polar surface area (TPSA) is 251 Å². The number of hydrogen-bond acceptors (Lipinski definition) is 11. The van der Waals surface area contributed by atoms with Gasteiger partial charge in [0.25, 0.3) is 11.4 Å². The first-order valence-corrected chi connectivity index (χ1v) is 12.8. The molecule has 0 saturated carbocycles. The lowest BCUT2D eigenvalue weighted by molar-refractivity contribution is -0.385. The van der Waals surface area contributed by atoms with Crippen LogP contribution in [0.15, 0.2) is 73.1 Å². The first-order chi connectivity index (χ1) is 21.1. The number of aromatic carboxylic acids is 2. The van der Waals surface area contributed by atoms with E-state index in [2.05, 4.69) is 15.3 Å². The number of carboxylic acid groups (broad SMARTS) is 2. The highest BCUT2D eigenvalue weighted by Crippen LogP contribution is 2.32. The molecule has 16 nitrogen and oxygen atoms in total. The monoisotopic (exact) mass is 618 g/mol. The van der Waals surface area contributed by atoms with Crippen molar-refractivity contribution in [3.63, 3.8) is 0 Å². The third kappa shape index (κ3) is 8.54. The van der Waals surface area contributed by atoms with Gasteiger partial charge in [0.2, 0.25) is 0 Å². The van der Waals surface area contributed by atoms with Gasteiger partial charge < -0.3 is 20.7 Å². The van der Waals surface area contributed by atoms with Gasteiger partial charge in [-0.3, -0.25) is 35.5 Å². The molecule has 0 saturated heterocycles. The number of non-ortho nitro benzene ring substituents is 2. The number of nitrogens with zero attached hydrogens (tertiary/aromatic N) is 4. The number of nitrogen functional groups attached to an aromatic ring is 1. The average Bonchev–Trinajstić information content (AvgIpc) is 2.96. The van der Waals surface area contributed by atoms with E-state index < -0.39 is 33.5 Å². The molecule has 0 spiro atoms. The number of aromatic nitrogens is 2. The van der Waals surface area contributed by atoms with E-state index in [0.29, 0.717) is 5.56 Å². The summed E-state index contributed by atoms with van der Waals surface area (Å²) in [6, 6.07) is 13.7. The summed E-state index contributed by atoms with van der Waals surface area (Å²) < 4.78 is 5.15. The van der Waals surface area contributed by atoms with Crippen LogP contribution in [0.3, 0.4) is 0 Å². The Kier molecular flexibility index (Phi) is 10.1. The zero-order valence-corrected chi connectivity index (χ0v) is 24.0. The molecule has 0 aliphatic carbocycles. The molecule has 0 atom stereocenters. The van der Waals surface area contributed by atoms with Crippen molar-refractivity contribution >= 4 is 40.8 Å². The van der Waals surface area contributed by atoms with Gasteiger partial charge in [-0.25, -0.2) is 14.4 Å². The zero-order chi connectivity index (χ0) is 33.5. The molecule has 2 aromatic carbocycles. The molecule has 5 N–H and O–H groups in total. The van der Waals surface area contributed by atoms with Crippen LogP contribution < -0.4 is 11.1 Å². The number of amides is 1. The third-order valence-corrected chi connectivity index (χ3v) is 5.69. The number of pyridine rings is 2. The molecule has 45 heavy (non-hydrogen) atoms. The average molecular weight is 619 g/mol. The number of nitro benzene ring substituents is 2. The lowest BCUT2D eigenvalue weighted by atomic mass is 10.1. The number of carbonyl (C=O) groups is 3. The number of anilines is 2. The Labute approximate surface area is 254 Å². The number of ether oxygens (including phenoxy) is 1. The first-order valence-electron chi connectivity index (χ1n) is 12.8. The molecule has 0 radical (unpaired) electrons. The van der Waals surface area contributed by atoms with Gasteiger partial charge in [0, 0.05) is 47.8 Å². The van der Waals surface area contributed by atoms with Crippen LogP contribution in [0.2, 0.25) is 0 Å². The zero-order valence-electron chi connectivity index (χ0n) is 24.0. The van der Waals surface area contributed by atoms with Crippen molar-refractivity contribution in [2.45, 2.75) is 26.4 Å². The van der Waals surface area contributed by atoms with Crippen molar-refractivity contribution in [3.8, 4) is 22.5 Å². The van der Waals surface area contributed by atoms with Crippen molar-refractivity contribution in [1.82, 2.24) is 9.97 Å². The molecule has 4 aromatic rings. The van der Waals surface area contributed by atoms with Crippen LogP contribution in [-0.4, -0.2) is 53.7 Å². The molecule has 2 aromatic heterocycles. The molecule has 16 heteroatoms. The largest absolute Gasteiger partial charge is 0.478 e. The van der Waals surface area contributed by atoms with E-state index in [1.807, 2.05) is 0 Å². The van der Waals surface area contributed by atoms with E-state index in [9.17, 15) is 39.7 Å². The van der Waals surface area contributed by atoms with E-state index in [4.69, 9.17) is 15.6 Å². The molecule has 2 heterocycles. The number of nitrogens with two attached hydrogens (primary N) is 1. The molecule has 1 amide bonds. The minimum atomic E-state index is -1.29. The van der Waals surface area contributed by atoms with Gasteiger partial charge in [0.1, 0.15) is 5.60 Å². The predicted molar refractivity (Wildman–Crippen MR) is 161 cm³/mol. The second kappa shape index (κ2) is 13.7. The predicted octanol–water partition coefficient (Wildman–Crippen LogP) is 5.64. The second-order valence-electron chi connectivity index (χ2n) is 10.1. The van der Waals surface area contributed by atoms with E-state index in [1.165, 1.54) is 67.0 Å². The molecule has 0 aliphatic rings. The van der Waals surface area contributed by atoms with Gasteiger partial charge in [0.15, 0.2) is 0 Å². The number of benzene rings is 2. The fourth-order valence-corrected chi connectivity index (χ4v) is 3.81. The maximum atomic E-state index is 12.1. The van der Waals surface area contributed by atoms with Gasteiger partial charge in [0.05, 0.1) is 43.7 Å². The highest BCUT2D eigenvalue weighted by molar-refractivity contribution is 6.03. The molecule has 0 bridgehead atoms. The van der Waals surface area contributed by atoms with Gasteiger partial charge in [-0.2, -0.15) is 0 Å². The Morgan fingerprint density at radius 2 is 1.27 bits per heavy atom. The van der Waals surface area contributed by atoms with Gasteiger partial charge in [-0.1, -0.05) is 24.3 Å². The van der Waals surface area contributed by atoms with E-state index in [0.717, 1.165) is 0 Å². The maximum Gasteiger partial charge on any atom is 0.412 e. The Balaban J connectivity index is 0.000000257. The van der Waals surface area contributed by atoms with Crippen LogP contribution in [-0.2, 0) is 4.74 Å². The number of nitrogens with one attached hydrogen (secondary N) is 1. The Morgan fingerprint density at radius 1 is 0.800 bits per heavy atom. The van der Waals surface area contributed by atoms with Gasteiger partial charge in [-0.15, -0.1) is 0 Å². The molecule has 4 rings (SSSR count). The quantitative estimate of drug-likeness (QED) is 0.145. The lowest BCUT2D eigenvalue weighted by Crippen LogP contribution is -2.28. The molecule has 0 fully saturated rings. The minimum absolute atomic E-state index is 0.0181. The van der Waals surface area contributed by atoms with E-state index in [1.54, 1.807) is 26.8 Å². The SMILES string of the molecule is CC(C)(C)OC(=O)Nc1c(C(=O)O)ccnc1-c1cccc([N+](=O)[O-])c1.Nc1c(C(=O)O)ccnc1-c1cccc([N+](=O)[O-])c1. The lowest BCUT2D eigenvalue weighted by Gasteiger charge is -2.21. The molecular formula is C29H26N6O10. The number of hydrogen-bond donors (Lipinski definition) is 4. The summed E-state index contributed by atoms with van der Waals surface area (Å²) in [4.78, 5) is 63.2. The minimum Gasteiger partial charge on any atom is -0.478 e. The second-order valence-corrected chi connectivity index (χ2v) is 10.1. The number of carboxylic acids is 2. The van der Waals surface area contributed by atoms with Crippen LogP contribution in [0.4, 0.5) is 27.5 Å². The summed E-state index contributed by atoms with van der Waals surface area (Å²) >= 11 is 0. The highest BCUT2D eigenvalue weighted by atomic mass is 16.6. The summed E-state index contributed by atoms with van der Waals surface area (Å²) in [7, 11) is 0. The molecule has 232 valence electrons. The van der Waals surface area contributed by atoms with E-state index >= 15 is 0 Å². The highest BCUT2D eigenvalue weighted by Gasteiger charge is 2.23. The van der Waals surface area contributed by atoms with Crippen LogP contribution >= 0.6 is 0 Å². The normalized spacial score (nSPS) is 10.6. The summed E-state index contributed by atoms with van der Waals surface area (Å²) in [5.74, 6) is -2.46. The summed E-state index contributed by atoms with van der Waals surface area (Å²) in [5.41, 5.74) is 5.20. The van der Waals surface area contributed by atoms with Crippen LogP contribution in [0.1, 0.15) is 41.5 Å². The summed E-state index contributed by atoms with van der Waals surface area (Å²) in [5, 5.41) is 42.4. The summed E-state index contributed by atoms with van der Waals surface area (Å²) in [6.07, 6.45) is 1.69. The van der Waals surface area contributed by atoms with Crippen LogP contribution in [0.5, 0.6) is 0 Å². The van der Waals surface area contributed by atoms with Crippen molar-refractivity contribution < 1.29 is 39.2 Å². The standard InChI is InChI=1S/C17H17N3O6.C12H9N3O4/c1-17(2,3)26-16(23)19-14-12(15(21)22)7-8-18-13(14)10-5-4-6-11(9-10)20(24)25;13-10-9(12(16)17)4-5-14-11(10)7-2-1-3-8(6-7)15(18)19/h4-9H,1-3H3,(H,19,23)(H,21,22);1-6H,13H2,(H,16,17). The molecular weight excluding hydrogens is 592 g/mol. The van der Waals surface area contributed by atoms with Gasteiger partial charge in [-0.05, 0) is 32.9 Å². The van der Waals surface area contributed by atoms with Gasteiger partial charge >= 0.3 is 18.0 Å². The van der Waals surface area contributed by atoms with Crippen molar-refractivity contribution in [1.29, 1.82) is 0 Å². The Morgan fingerprint density at radius 3 is 1.73 bits per heavy atom. The van der Waals surface area contributed by atoms with Crippen molar-refractivity contribution in [2.24, 2.45) is 0 Å². The first kappa shape index (κ1) is 33.1. The van der Waals surface area contributed by atoms with E-state index in [-0.39, 0.29) is 50.8 Å². The third-order valence-electron chi connectivity index (χ3n) is 5.69. The van der Waals surface area contributed by atoms with Crippen LogP contribution in [0, 0.1) is 20.2 Å². The fourth-order valence-electron chi connectivity index (χ4n) is 3.81. The Hall–Kier alpha value is -6.45. The fraction of sp³-hybridized carbons (Fsp3) is 0.138. The van der Waals surface area contributed by atoms with Crippen molar-refractivity contribution in [3.05, 3.63) is 104 Å². The number of nitro groups is 2. The molecule has 0 unspecified atom stereocenters. The maximum absolute atomic E-state index is 12.1. The van der Waals surface area contributed by atoms with Crippen molar-refractivity contribution in [2.75, 3.05) is 11.1 Å². The number of rotatable bonds is 7. The molecule has 0 aliphatic heterocycles. The smallest absolute Gasteiger partial charge is 0.412 e. The Bertz CT molecular complexity index is 1800. The number of carbonyl (C=O) groups excluding carboxylic acids is 1. The van der Waals surface area contributed by atoms with Crippen LogP contribution in [0.25, 0.3) is 22.5 Å². The summed E-state index contributed by atoms with van der Waals surface area (Å²) in [6.45, 7) is 4.99.